The van der Waals surface area contributed by atoms with Gasteiger partial charge in [0.25, 0.3) is 0 Å². The molecule has 1 aromatic carbocycles. The quantitative estimate of drug-likeness (QED) is 0.913. The van der Waals surface area contributed by atoms with Crippen molar-refractivity contribution in [2.24, 2.45) is 5.73 Å². The second-order valence-corrected chi connectivity index (χ2v) is 6.33. The van der Waals surface area contributed by atoms with Crippen LogP contribution in [0.3, 0.4) is 0 Å². The molecule has 0 aliphatic rings. The molecule has 20 heavy (non-hydrogen) atoms. The number of nitrogens with zero attached hydrogens (tertiary/aromatic N) is 1. The van der Waals surface area contributed by atoms with Gasteiger partial charge >= 0.3 is 0 Å². The Morgan fingerprint density at radius 1 is 1.30 bits per heavy atom. The van der Waals surface area contributed by atoms with Crippen molar-refractivity contribution in [3.05, 3.63) is 44.9 Å². The summed E-state index contributed by atoms with van der Waals surface area (Å²) >= 11 is 1.69. The minimum atomic E-state index is 0.0567. The summed E-state index contributed by atoms with van der Waals surface area (Å²) in [7, 11) is 0. The maximum absolute atomic E-state index is 5.92. The van der Waals surface area contributed by atoms with Crippen LogP contribution in [0.15, 0.2) is 18.2 Å². The van der Waals surface area contributed by atoms with E-state index in [1.165, 1.54) is 16.0 Å². The third-order valence-corrected chi connectivity index (χ3v) is 4.63. The summed E-state index contributed by atoms with van der Waals surface area (Å²) in [6.45, 7) is 8.80. The summed E-state index contributed by atoms with van der Waals surface area (Å²) in [4.78, 5) is 5.73. The number of thiazole rings is 1. The molecule has 0 bridgehead atoms. The van der Waals surface area contributed by atoms with Gasteiger partial charge in [0.1, 0.15) is 5.75 Å². The fraction of sp³-hybridized carbons (Fsp3) is 0.438. The van der Waals surface area contributed by atoms with Crippen molar-refractivity contribution in [1.82, 2.24) is 4.98 Å². The first kappa shape index (κ1) is 15.0. The minimum absolute atomic E-state index is 0.0567. The van der Waals surface area contributed by atoms with Crippen LogP contribution >= 0.6 is 11.3 Å². The van der Waals surface area contributed by atoms with Crippen molar-refractivity contribution in [1.29, 1.82) is 0 Å². The molecule has 108 valence electrons. The molecular formula is C16H22N2OS. The summed E-state index contributed by atoms with van der Waals surface area (Å²) in [6, 6.07) is 6.32. The van der Waals surface area contributed by atoms with Gasteiger partial charge in [-0.1, -0.05) is 12.1 Å². The number of ether oxygens (including phenoxy) is 1. The third-order valence-electron chi connectivity index (χ3n) is 3.21. The fourth-order valence-corrected chi connectivity index (χ4v) is 3.11. The van der Waals surface area contributed by atoms with Gasteiger partial charge in [0.2, 0.25) is 0 Å². The molecule has 4 heteroatoms. The van der Waals surface area contributed by atoms with Crippen molar-refractivity contribution in [3.8, 4) is 5.75 Å². The maximum atomic E-state index is 5.92. The highest BCUT2D eigenvalue weighted by molar-refractivity contribution is 7.11. The van der Waals surface area contributed by atoms with Crippen LogP contribution in [0.25, 0.3) is 0 Å². The van der Waals surface area contributed by atoms with E-state index in [0.717, 1.165) is 22.9 Å². The summed E-state index contributed by atoms with van der Waals surface area (Å²) in [5.41, 5.74) is 9.36. The van der Waals surface area contributed by atoms with E-state index in [0.29, 0.717) is 6.61 Å². The smallest absolute Gasteiger partial charge is 0.122 e. The van der Waals surface area contributed by atoms with Crippen LogP contribution in [0.2, 0.25) is 0 Å². The Bertz CT molecular complexity index is 590. The summed E-state index contributed by atoms with van der Waals surface area (Å²) < 4.78 is 5.87. The Balaban J connectivity index is 1.96. The van der Waals surface area contributed by atoms with E-state index in [1.54, 1.807) is 11.3 Å². The minimum Gasteiger partial charge on any atom is -0.493 e. The molecule has 0 aliphatic carbocycles. The highest BCUT2D eigenvalue weighted by Crippen LogP contribution is 2.24. The first-order chi connectivity index (χ1) is 9.47. The predicted octanol–water partition coefficient (Wildman–Crippen LogP) is 3.71. The molecule has 2 N–H and O–H groups in total. The standard InChI is InChI=1S/C16H22N2OS/c1-10-5-6-11(2)14(9-10)19-8-7-15-18-13(4)16(20-15)12(3)17/h5-6,9,12H,7-8,17H2,1-4H3. The van der Waals surface area contributed by atoms with Gasteiger partial charge in [-0.15, -0.1) is 11.3 Å². The zero-order valence-corrected chi connectivity index (χ0v) is 13.4. The van der Waals surface area contributed by atoms with Crippen molar-refractivity contribution < 1.29 is 4.74 Å². The van der Waals surface area contributed by atoms with E-state index in [-0.39, 0.29) is 6.04 Å². The summed E-state index contributed by atoms with van der Waals surface area (Å²) in [5.74, 6) is 0.964. The lowest BCUT2D eigenvalue weighted by Crippen LogP contribution is -2.03. The molecule has 0 fully saturated rings. The van der Waals surface area contributed by atoms with E-state index in [2.05, 4.69) is 37.0 Å². The maximum Gasteiger partial charge on any atom is 0.122 e. The average molecular weight is 290 g/mol. The van der Waals surface area contributed by atoms with Gasteiger partial charge in [0.05, 0.1) is 17.3 Å². The lowest BCUT2D eigenvalue weighted by Gasteiger charge is -2.09. The normalized spacial score (nSPS) is 12.4. The molecular weight excluding hydrogens is 268 g/mol. The van der Waals surface area contributed by atoms with E-state index < -0.39 is 0 Å². The predicted molar refractivity (Wildman–Crippen MR) is 84.6 cm³/mol. The number of benzene rings is 1. The zero-order valence-electron chi connectivity index (χ0n) is 12.6. The topological polar surface area (TPSA) is 48.1 Å². The number of hydrogen-bond acceptors (Lipinski definition) is 4. The third kappa shape index (κ3) is 3.58. The van der Waals surface area contributed by atoms with Crippen LogP contribution in [-0.2, 0) is 6.42 Å². The van der Waals surface area contributed by atoms with Crippen molar-refractivity contribution in [3.63, 3.8) is 0 Å². The van der Waals surface area contributed by atoms with Gasteiger partial charge in [-0.2, -0.15) is 0 Å². The lowest BCUT2D eigenvalue weighted by molar-refractivity contribution is 0.319. The first-order valence-electron chi connectivity index (χ1n) is 6.89. The second kappa shape index (κ2) is 6.37. The van der Waals surface area contributed by atoms with Crippen LogP contribution in [-0.4, -0.2) is 11.6 Å². The molecule has 0 aliphatic heterocycles. The highest BCUT2D eigenvalue weighted by atomic mass is 32.1. The summed E-state index contributed by atoms with van der Waals surface area (Å²) in [5, 5.41) is 1.10. The number of aromatic nitrogens is 1. The van der Waals surface area contributed by atoms with Gasteiger partial charge < -0.3 is 10.5 Å². The Labute approximate surface area is 124 Å². The molecule has 2 aromatic rings. The highest BCUT2D eigenvalue weighted by Gasteiger charge is 2.11. The summed E-state index contributed by atoms with van der Waals surface area (Å²) in [6.07, 6.45) is 0.825. The molecule has 3 nitrogen and oxygen atoms in total. The van der Waals surface area contributed by atoms with Crippen molar-refractivity contribution >= 4 is 11.3 Å². The van der Waals surface area contributed by atoms with E-state index in [9.17, 15) is 0 Å². The van der Waals surface area contributed by atoms with Gasteiger partial charge in [0.15, 0.2) is 0 Å². The van der Waals surface area contributed by atoms with Crippen molar-refractivity contribution in [2.45, 2.75) is 40.2 Å². The monoisotopic (exact) mass is 290 g/mol. The van der Waals surface area contributed by atoms with E-state index >= 15 is 0 Å². The van der Waals surface area contributed by atoms with Gasteiger partial charge in [-0.3, -0.25) is 0 Å². The Hall–Kier alpha value is -1.39. The Morgan fingerprint density at radius 2 is 2.05 bits per heavy atom. The molecule has 0 spiro atoms. The number of hydrogen-bond donors (Lipinski definition) is 1. The SMILES string of the molecule is Cc1ccc(C)c(OCCc2nc(C)c(C(C)N)s2)c1. The first-order valence-corrected chi connectivity index (χ1v) is 7.71. The van der Waals surface area contributed by atoms with Gasteiger partial charge in [-0.25, -0.2) is 4.98 Å². The van der Waals surface area contributed by atoms with Crippen molar-refractivity contribution in [2.75, 3.05) is 6.61 Å². The molecule has 1 aromatic heterocycles. The number of nitrogens with two attached hydrogens (primary N) is 1. The molecule has 1 heterocycles. The van der Waals surface area contributed by atoms with Crippen LogP contribution in [0.1, 0.15) is 39.7 Å². The molecule has 0 amide bonds. The molecule has 0 saturated heterocycles. The largest absolute Gasteiger partial charge is 0.493 e. The van der Waals surface area contributed by atoms with Crippen LogP contribution in [0.5, 0.6) is 5.75 Å². The fourth-order valence-electron chi connectivity index (χ4n) is 2.11. The molecule has 0 saturated carbocycles. The second-order valence-electron chi connectivity index (χ2n) is 5.21. The molecule has 1 unspecified atom stereocenters. The lowest BCUT2D eigenvalue weighted by atomic mass is 10.1. The van der Waals surface area contributed by atoms with Gasteiger partial charge in [-0.05, 0) is 44.9 Å². The Kier molecular flexibility index (Phi) is 4.78. The van der Waals surface area contributed by atoms with Crippen LogP contribution in [0, 0.1) is 20.8 Å². The van der Waals surface area contributed by atoms with Crippen LogP contribution < -0.4 is 10.5 Å². The van der Waals surface area contributed by atoms with E-state index in [1.807, 2.05) is 13.8 Å². The molecule has 0 radical (unpaired) electrons. The number of rotatable bonds is 5. The average Bonchev–Trinajstić information content (AvgIpc) is 2.75. The van der Waals surface area contributed by atoms with Crippen LogP contribution in [0.4, 0.5) is 0 Å². The number of aryl methyl sites for hydroxylation is 3. The van der Waals surface area contributed by atoms with Gasteiger partial charge in [0, 0.05) is 17.3 Å². The molecule has 2 rings (SSSR count). The Morgan fingerprint density at radius 3 is 2.70 bits per heavy atom. The molecule has 1 atom stereocenters. The van der Waals surface area contributed by atoms with E-state index in [4.69, 9.17) is 10.5 Å². The zero-order chi connectivity index (χ0) is 14.7.